The largest absolute Gasteiger partial charge is 0.495 e. The Hall–Kier alpha value is -2.62. The molecule has 7 nitrogen and oxygen atoms in total. The number of hydrogen-bond donors (Lipinski definition) is 2. The van der Waals surface area contributed by atoms with Gasteiger partial charge in [-0.25, -0.2) is 0 Å². The lowest BCUT2D eigenvalue weighted by atomic mass is 10.1. The molecular formula is C20H19ClN4O3S2. The molecule has 0 fully saturated rings. The fourth-order valence-corrected chi connectivity index (χ4v) is 4.18. The molecule has 2 aromatic carbocycles. The van der Waals surface area contributed by atoms with Crippen molar-refractivity contribution in [2.24, 2.45) is 0 Å². The third-order valence-corrected chi connectivity index (χ3v) is 6.37. The highest BCUT2D eigenvalue weighted by Gasteiger charge is 2.13. The summed E-state index contributed by atoms with van der Waals surface area (Å²) in [6, 6.07) is 10.5. The van der Waals surface area contributed by atoms with Crippen LogP contribution in [-0.4, -0.2) is 34.9 Å². The lowest BCUT2D eigenvalue weighted by Crippen LogP contribution is -2.14. The number of nitrogens with zero attached hydrogens (tertiary/aromatic N) is 2. The number of aromatic nitrogens is 2. The number of aryl methyl sites for hydroxylation is 2. The molecule has 3 aromatic rings. The van der Waals surface area contributed by atoms with Crippen molar-refractivity contribution in [2.45, 2.75) is 18.2 Å². The van der Waals surface area contributed by atoms with Crippen molar-refractivity contribution in [1.29, 1.82) is 0 Å². The Balaban J connectivity index is 1.55. The van der Waals surface area contributed by atoms with Crippen LogP contribution in [0.25, 0.3) is 0 Å². The molecule has 0 unspecified atom stereocenters. The fourth-order valence-electron chi connectivity index (χ4n) is 2.46. The molecule has 30 heavy (non-hydrogen) atoms. The highest BCUT2D eigenvalue weighted by Crippen LogP contribution is 2.29. The second-order valence-electron chi connectivity index (χ2n) is 6.31. The number of carbonyl (C=O) groups is 2. The molecule has 3 rings (SSSR count). The molecule has 0 radical (unpaired) electrons. The first-order valence-corrected chi connectivity index (χ1v) is 11.0. The number of amides is 2. The summed E-state index contributed by atoms with van der Waals surface area (Å²) in [5.41, 5.74) is 3.21. The van der Waals surface area contributed by atoms with Gasteiger partial charge in [0.1, 0.15) is 5.75 Å². The number of hydrogen-bond acceptors (Lipinski definition) is 7. The van der Waals surface area contributed by atoms with E-state index >= 15 is 0 Å². The second kappa shape index (κ2) is 9.92. The average Bonchev–Trinajstić information content (AvgIpc) is 3.16. The Morgan fingerprint density at radius 3 is 2.63 bits per heavy atom. The topological polar surface area (TPSA) is 93.2 Å². The number of benzene rings is 2. The molecule has 1 heterocycles. The SMILES string of the molecule is COc1ccc(Cl)cc1NC(=O)CSc1nnc(NC(=O)c2ccc(C)c(C)c2)s1. The van der Waals surface area contributed by atoms with E-state index in [1.54, 1.807) is 24.3 Å². The van der Waals surface area contributed by atoms with Crippen molar-refractivity contribution in [2.75, 3.05) is 23.5 Å². The monoisotopic (exact) mass is 462 g/mol. The number of rotatable bonds is 7. The number of ether oxygens (including phenoxy) is 1. The van der Waals surface area contributed by atoms with Gasteiger partial charge in [-0.05, 0) is 55.3 Å². The van der Waals surface area contributed by atoms with Crippen molar-refractivity contribution in [3.8, 4) is 5.75 Å². The maximum atomic E-state index is 12.4. The van der Waals surface area contributed by atoms with E-state index in [4.69, 9.17) is 16.3 Å². The van der Waals surface area contributed by atoms with E-state index in [1.807, 2.05) is 26.0 Å². The van der Waals surface area contributed by atoms with E-state index in [0.29, 0.717) is 31.5 Å². The van der Waals surface area contributed by atoms with Crippen LogP contribution >= 0.6 is 34.7 Å². The van der Waals surface area contributed by atoms with Crippen LogP contribution in [0.2, 0.25) is 5.02 Å². The maximum Gasteiger partial charge on any atom is 0.257 e. The summed E-state index contributed by atoms with van der Waals surface area (Å²) in [4.78, 5) is 24.6. The van der Waals surface area contributed by atoms with Gasteiger partial charge < -0.3 is 10.1 Å². The second-order valence-corrected chi connectivity index (χ2v) is 8.94. The highest BCUT2D eigenvalue weighted by atomic mass is 35.5. The smallest absolute Gasteiger partial charge is 0.257 e. The fraction of sp³-hybridized carbons (Fsp3) is 0.200. The first-order valence-electron chi connectivity index (χ1n) is 8.84. The van der Waals surface area contributed by atoms with E-state index in [0.717, 1.165) is 11.1 Å². The van der Waals surface area contributed by atoms with Crippen LogP contribution in [0.3, 0.4) is 0 Å². The minimum atomic E-state index is -0.253. The van der Waals surface area contributed by atoms with Crippen molar-refractivity contribution in [1.82, 2.24) is 10.2 Å². The summed E-state index contributed by atoms with van der Waals surface area (Å²) in [7, 11) is 1.52. The summed E-state index contributed by atoms with van der Waals surface area (Å²) in [5, 5.41) is 14.3. The molecule has 10 heteroatoms. The molecule has 0 saturated carbocycles. The van der Waals surface area contributed by atoms with Crippen LogP contribution in [0.15, 0.2) is 40.7 Å². The van der Waals surface area contributed by atoms with Crippen LogP contribution in [0.4, 0.5) is 10.8 Å². The minimum Gasteiger partial charge on any atom is -0.495 e. The molecule has 0 aliphatic rings. The van der Waals surface area contributed by atoms with Gasteiger partial charge in [-0.3, -0.25) is 14.9 Å². The van der Waals surface area contributed by atoms with Gasteiger partial charge in [-0.2, -0.15) is 0 Å². The van der Waals surface area contributed by atoms with Crippen LogP contribution in [-0.2, 0) is 4.79 Å². The molecule has 0 aliphatic carbocycles. The number of methoxy groups -OCH3 is 1. The Morgan fingerprint density at radius 2 is 1.90 bits per heavy atom. The van der Waals surface area contributed by atoms with E-state index in [-0.39, 0.29) is 17.6 Å². The molecule has 0 spiro atoms. The number of nitrogens with one attached hydrogen (secondary N) is 2. The van der Waals surface area contributed by atoms with Crippen LogP contribution < -0.4 is 15.4 Å². The summed E-state index contributed by atoms with van der Waals surface area (Å²) >= 11 is 8.40. The Labute approximate surface area is 187 Å². The number of anilines is 2. The van der Waals surface area contributed by atoms with E-state index in [1.165, 1.54) is 30.2 Å². The highest BCUT2D eigenvalue weighted by molar-refractivity contribution is 8.01. The minimum absolute atomic E-state index is 0.120. The van der Waals surface area contributed by atoms with Crippen molar-refractivity contribution in [3.63, 3.8) is 0 Å². The first kappa shape index (κ1) is 22.1. The lowest BCUT2D eigenvalue weighted by Gasteiger charge is -2.09. The standard InChI is InChI=1S/C20H19ClN4O3S2/c1-11-4-5-13(8-12(11)2)18(27)23-19-24-25-20(30-19)29-10-17(26)22-15-9-14(21)6-7-16(15)28-3/h4-9H,10H2,1-3H3,(H,22,26)(H,23,24,27). The summed E-state index contributed by atoms with van der Waals surface area (Å²) in [6.45, 7) is 3.94. The molecule has 2 amide bonds. The van der Waals surface area contributed by atoms with E-state index in [2.05, 4.69) is 20.8 Å². The van der Waals surface area contributed by atoms with Gasteiger partial charge in [-0.1, -0.05) is 40.8 Å². The third-order valence-electron chi connectivity index (χ3n) is 4.16. The van der Waals surface area contributed by atoms with Crippen LogP contribution in [0, 0.1) is 13.8 Å². The number of halogens is 1. The normalized spacial score (nSPS) is 10.5. The van der Waals surface area contributed by atoms with Gasteiger partial charge >= 0.3 is 0 Å². The molecule has 2 N–H and O–H groups in total. The molecule has 0 atom stereocenters. The van der Waals surface area contributed by atoms with Crippen molar-refractivity contribution >= 4 is 57.3 Å². The van der Waals surface area contributed by atoms with Crippen LogP contribution in [0.1, 0.15) is 21.5 Å². The quantitative estimate of drug-likeness (QED) is 0.387. The van der Waals surface area contributed by atoms with E-state index < -0.39 is 0 Å². The van der Waals surface area contributed by atoms with Gasteiger partial charge in [0.25, 0.3) is 5.91 Å². The van der Waals surface area contributed by atoms with Crippen LogP contribution in [0.5, 0.6) is 5.75 Å². The average molecular weight is 463 g/mol. The Morgan fingerprint density at radius 1 is 1.10 bits per heavy atom. The summed E-state index contributed by atoms with van der Waals surface area (Å²) < 4.78 is 5.78. The molecular weight excluding hydrogens is 444 g/mol. The first-order chi connectivity index (χ1) is 14.4. The van der Waals surface area contributed by atoms with Gasteiger partial charge in [0.05, 0.1) is 18.6 Å². The third kappa shape index (κ3) is 5.71. The predicted molar refractivity (Wildman–Crippen MR) is 121 cm³/mol. The zero-order valence-electron chi connectivity index (χ0n) is 16.5. The van der Waals surface area contributed by atoms with Gasteiger partial charge in [0.2, 0.25) is 11.0 Å². The van der Waals surface area contributed by atoms with Gasteiger partial charge in [-0.15, -0.1) is 10.2 Å². The molecule has 0 bridgehead atoms. The lowest BCUT2D eigenvalue weighted by molar-refractivity contribution is -0.113. The zero-order chi connectivity index (χ0) is 21.7. The van der Waals surface area contributed by atoms with Crippen molar-refractivity contribution in [3.05, 3.63) is 58.1 Å². The number of carbonyl (C=O) groups excluding carboxylic acids is 2. The van der Waals surface area contributed by atoms with Gasteiger partial charge in [0, 0.05) is 10.6 Å². The molecule has 0 saturated heterocycles. The zero-order valence-corrected chi connectivity index (χ0v) is 18.9. The van der Waals surface area contributed by atoms with Crippen molar-refractivity contribution < 1.29 is 14.3 Å². The summed E-state index contributed by atoms with van der Waals surface area (Å²) in [6.07, 6.45) is 0. The Kier molecular flexibility index (Phi) is 7.30. The summed E-state index contributed by atoms with van der Waals surface area (Å²) in [5.74, 6) is 0.146. The maximum absolute atomic E-state index is 12.4. The van der Waals surface area contributed by atoms with E-state index in [9.17, 15) is 9.59 Å². The molecule has 1 aromatic heterocycles. The van der Waals surface area contributed by atoms with Gasteiger partial charge in [0.15, 0.2) is 4.34 Å². The molecule has 156 valence electrons. The Bertz CT molecular complexity index is 1090. The molecule has 0 aliphatic heterocycles. The predicted octanol–water partition coefficient (Wildman–Crippen LogP) is 4.80. The number of thioether (sulfide) groups is 1.